The topological polar surface area (TPSA) is 34.9 Å². The largest absolute Gasteiger partial charge is 0.267 e. The van der Waals surface area contributed by atoms with Crippen molar-refractivity contribution >= 4 is 22.4 Å². The van der Waals surface area contributed by atoms with E-state index < -0.39 is 16.6 Å². The molecule has 19 heavy (non-hydrogen) atoms. The highest BCUT2D eigenvalue weighted by atomic mass is 35.5. The lowest BCUT2D eigenvalue weighted by molar-refractivity contribution is 0.620. The third-order valence-electron chi connectivity index (χ3n) is 2.78. The average molecular weight is 301 g/mol. The van der Waals surface area contributed by atoms with Gasteiger partial charge in [-0.25, -0.2) is 4.39 Å². The van der Waals surface area contributed by atoms with Gasteiger partial charge in [0, 0.05) is 11.4 Å². The van der Waals surface area contributed by atoms with E-state index >= 15 is 0 Å². The van der Waals surface area contributed by atoms with Gasteiger partial charge in [0.2, 0.25) is 0 Å². The minimum absolute atomic E-state index is 0.233. The first-order valence-corrected chi connectivity index (χ1v) is 7.58. The maximum Gasteiger partial charge on any atom is 0.124 e. The third-order valence-corrected chi connectivity index (χ3v) is 4.59. The molecule has 1 aromatic carbocycles. The number of nitrogens with zero attached hydrogens (tertiary/aromatic N) is 2. The number of halogens is 2. The second-order valence-electron chi connectivity index (χ2n) is 4.11. The zero-order valence-corrected chi connectivity index (χ0v) is 12.3. The minimum Gasteiger partial charge on any atom is -0.267 e. The van der Waals surface area contributed by atoms with Crippen LogP contribution in [0.1, 0.15) is 18.3 Å². The Hall–Kier alpha value is -1.20. The van der Waals surface area contributed by atoms with Crippen LogP contribution in [-0.4, -0.2) is 14.0 Å². The first-order chi connectivity index (χ1) is 9.02. The van der Waals surface area contributed by atoms with Gasteiger partial charge in [0.1, 0.15) is 5.82 Å². The summed E-state index contributed by atoms with van der Waals surface area (Å²) in [4.78, 5) is 0.456. The molecule has 1 unspecified atom stereocenters. The molecule has 6 heteroatoms. The van der Waals surface area contributed by atoms with Gasteiger partial charge in [0.15, 0.2) is 0 Å². The van der Waals surface area contributed by atoms with Gasteiger partial charge < -0.3 is 0 Å². The lowest BCUT2D eigenvalue weighted by atomic mass is 10.3. The van der Waals surface area contributed by atoms with Crippen LogP contribution in [0.25, 0.3) is 0 Å². The van der Waals surface area contributed by atoms with Gasteiger partial charge in [-0.3, -0.25) is 8.89 Å². The van der Waals surface area contributed by atoms with E-state index in [4.69, 9.17) is 11.6 Å². The molecule has 0 spiro atoms. The Kier molecular flexibility index (Phi) is 4.37. The molecule has 3 nitrogen and oxygen atoms in total. The molecule has 2 aromatic rings. The molecule has 1 heterocycles. The van der Waals surface area contributed by atoms with Gasteiger partial charge >= 0.3 is 0 Å². The highest BCUT2D eigenvalue weighted by Crippen LogP contribution is 2.23. The van der Waals surface area contributed by atoms with Crippen LogP contribution in [0.5, 0.6) is 0 Å². The van der Waals surface area contributed by atoms with Gasteiger partial charge in [0.05, 0.1) is 33.0 Å². The van der Waals surface area contributed by atoms with Gasteiger partial charge in [-0.15, -0.1) is 0 Å². The number of aryl methyl sites for hydroxylation is 2. The molecule has 0 aliphatic carbocycles. The van der Waals surface area contributed by atoms with Crippen molar-refractivity contribution in [2.45, 2.75) is 31.0 Å². The van der Waals surface area contributed by atoms with Crippen LogP contribution in [0.3, 0.4) is 0 Å². The maximum atomic E-state index is 13.1. The zero-order valence-electron chi connectivity index (χ0n) is 10.7. The fraction of sp³-hybridized carbons (Fsp3) is 0.308. The van der Waals surface area contributed by atoms with Crippen LogP contribution >= 0.6 is 11.6 Å². The van der Waals surface area contributed by atoms with Crippen molar-refractivity contribution in [3.8, 4) is 0 Å². The van der Waals surface area contributed by atoms with E-state index in [9.17, 15) is 8.60 Å². The summed E-state index contributed by atoms with van der Waals surface area (Å²) in [5, 5.41) is 4.80. The van der Waals surface area contributed by atoms with Crippen molar-refractivity contribution in [2.24, 2.45) is 0 Å². The van der Waals surface area contributed by atoms with E-state index in [1.165, 1.54) is 12.1 Å². The van der Waals surface area contributed by atoms with Crippen molar-refractivity contribution in [2.75, 3.05) is 0 Å². The monoisotopic (exact) mass is 300 g/mol. The molecule has 102 valence electrons. The summed E-state index contributed by atoms with van der Waals surface area (Å²) in [6.45, 7) is 4.41. The van der Waals surface area contributed by atoms with E-state index in [2.05, 4.69) is 5.10 Å². The zero-order chi connectivity index (χ0) is 14.0. The standard InChI is InChI=1S/C13H14ClFN2OS/c1-3-17-12(13(14)9(2)16-17)8-19(18)11-6-4-5-10(15)7-11/h4-7H,3,8H2,1-2H3. The fourth-order valence-electron chi connectivity index (χ4n) is 1.82. The van der Waals surface area contributed by atoms with Gasteiger partial charge in [-0.05, 0) is 32.0 Å². The summed E-state index contributed by atoms with van der Waals surface area (Å²) in [5.74, 6) is -0.158. The normalized spacial score (nSPS) is 12.6. The van der Waals surface area contributed by atoms with Crippen LogP contribution in [-0.2, 0) is 23.1 Å². The van der Waals surface area contributed by atoms with E-state index in [1.807, 2.05) is 13.8 Å². The Labute approximate surface area is 118 Å². The van der Waals surface area contributed by atoms with Crippen LogP contribution in [0, 0.1) is 12.7 Å². The molecule has 0 aliphatic rings. The lowest BCUT2D eigenvalue weighted by Crippen LogP contribution is -2.06. The van der Waals surface area contributed by atoms with Crippen LogP contribution in [0.4, 0.5) is 4.39 Å². The minimum atomic E-state index is -1.34. The van der Waals surface area contributed by atoms with Crippen molar-refractivity contribution in [3.63, 3.8) is 0 Å². The number of rotatable bonds is 4. The quantitative estimate of drug-likeness (QED) is 0.868. The number of hydrogen-bond acceptors (Lipinski definition) is 2. The molecule has 1 atom stereocenters. The second kappa shape index (κ2) is 5.84. The molecule has 0 fully saturated rings. The molecule has 1 aromatic heterocycles. The summed E-state index contributed by atoms with van der Waals surface area (Å²) in [5.41, 5.74) is 1.44. The molecule has 0 amide bonds. The Morgan fingerprint density at radius 3 is 2.84 bits per heavy atom. The molecular weight excluding hydrogens is 287 g/mol. The molecule has 0 aliphatic heterocycles. The number of aromatic nitrogens is 2. The fourth-order valence-corrected chi connectivity index (χ4v) is 3.29. The molecule has 0 bridgehead atoms. The summed E-state index contributed by atoms with van der Waals surface area (Å²) in [6, 6.07) is 5.80. The second-order valence-corrected chi connectivity index (χ2v) is 5.94. The predicted octanol–water partition coefficient (Wildman–Crippen LogP) is 3.31. The maximum absolute atomic E-state index is 13.1. The first kappa shape index (κ1) is 14.2. The summed E-state index contributed by atoms with van der Waals surface area (Å²) >= 11 is 6.16. The average Bonchev–Trinajstić information content (AvgIpc) is 2.66. The lowest BCUT2D eigenvalue weighted by Gasteiger charge is -2.06. The molecule has 0 saturated carbocycles. The molecule has 0 N–H and O–H groups in total. The van der Waals surface area contributed by atoms with Crippen molar-refractivity contribution in [1.29, 1.82) is 0 Å². The number of benzene rings is 1. The predicted molar refractivity (Wildman–Crippen MR) is 74.2 cm³/mol. The SMILES string of the molecule is CCn1nc(C)c(Cl)c1CS(=O)c1cccc(F)c1. The Morgan fingerprint density at radius 2 is 2.21 bits per heavy atom. The summed E-state index contributed by atoms with van der Waals surface area (Å²) in [6.07, 6.45) is 0. The summed E-state index contributed by atoms with van der Waals surface area (Å²) < 4.78 is 27.1. The van der Waals surface area contributed by atoms with Crippen molar-refractivity contribution < 1.29 is 8.60 Å². The van der Waals surface area contributed by atoms with E-state index in [0.717, 1.165) is 11.4 Å². The molecule has 0 saturated heterocycles. The van der Waals surface area contributed by atoms with Crippen molar-refractivity contribution in [1.82, 2.24) is 9.78 Å². The van der Waals surface area contributed by atoms with Gasteiger partial charge in [-0.2, -0.15) is 5.10 Å². The van der Waals surface area contributed by atoms with Gasteiger partial charge in [0.25, 0.3) is 0 Å². The van der Waals surface area contributed by atoms with Crippen molar-refractivity contribution in [3.05, 3.63) is 46.5 Å². The van der Waals surface area contributed by atoms with E-state index in [1.54, 1.807) is 16.8 Å². The molecular formula is C13H14ClFN2OS. The number of hydrogen-bond donors (Lipinski definition) is 0. The third kappa shape index (κ3) is 3.04. The highest BCUT2D eigenvalue weighted by molar-refractivity contribution is 7.84. The Bertz CT molecular complexity index is 627. The first-order valence-electron chi connectivity index (χ1n) is 5.88. The molecule has 2 rings (SSSR count). The van der Waals surface area contributed by atoms with E-state index in [-0.39, 0.29) is 5.75 Å². The van der Waals surface area contributed by atoms with E-state index in [0.29, 0.717) is 16.5 Å². The molecule has 0 radical (unpaired) electrons. The Balaban J connectivity index is 2.29. The highest BCUT2D eigenvalue weighted by Gasteiger charge is 2.16. The smallest absolute Gasteiger partial charge is 0.124 e. The van der Waals surface area contributed by atoms with Crippen LogP contribution in [0.2, 0.25) is 5.02 Å². The Morgan fingerprint density at radius 1 is 1.47 bits per heavy atom. The van der Waals surface area contributed by atoms with Crippen LogP contribution < -0.4 is 0 Å². The summed E-state index contributed by atoms with van der Waals surface area (Å²) in [7, 11) is -1.34. The van der Waals surface area contributed by atoms with Crippen LogP contribution in [0.15, 0.2) is 29.2 Å². The van der Waals surface area contributed by atoms with Gasteiger partial charge in [-0.1, -0.05) is 17.7 Å².